The molecular formula is C37H48F3N5O5S2. The number of thiazole rings is 1. The van der Waals surface area contributed by atoms with E-state index in [1.54, 1.807) is 10.7 Å². The standard InChI is InChI=1S/C37H48F3N5O5S2/c1-6-8-14-33(47)45(5)30(24(3)4)22-31(50-7-2)35-43-29(23-51-35)34(48)41-27(21-25-12-10-9-11-13-25)17-20-32(46)44-52-28-18-15-26(16-19-28)42-36(49)37(38,39)40/h9-13,15-16,18-19,23-24,27,30-31H,6-8,14,17,20-22H2,1-5H3,(H,41,48)(H,42,49)(H,44,46). The largest absolute Gasteiger partial charge is 0.471 e. The Morgan fingerprint density at radius 3 is 2.31 bits per heavy atom. The van der Waals surface area contributed by atoms with E-state index in [0.29, 0.717) is 42.2 Å². The van der Waals surface area contributed by atoms with E-state index in [-0.39, 0.29) is 47.5 Å². The number of anilines is 1. The predicted molar refractivity (Wildman–Crippen MR) is 198 cm³/mol. The number of carbonyl (C=O) groups is 4. The van der Waals surface area contributed by atoms with E-state index in [1.165, 1.54) is 35.6 Å². The molecule has 0 radical (unpaired) electrons. The van der Waals surface area contributed by atoms with Crippen molar-refractivity contribution < 1.29 is 37.1 Å². The molecule has 0 saturated heterocycles. The molecule has 0 aliphatic carbocycles. The molecule has 0 saturated carbocycles. The number of hydrogen-bond donors (Lipinski definition) is 3. The van der Waals surface area contributed by atoms with Gasteiger partial charge in [0.2, 0.25) is 11.8 Å². The number of carbonyl (C=O) groups excluding carboxylic acids is 4. The number of hydrogen-bond acceptors (Lipinski definition) is 8. The van der Waals surface area contributed by atoms with Crippen molar-refractivity contribution in [3.05, 3.63) is 76.2 Å². The molecule has 3 N–H and O–H groups in total. The lowest BCUT2D eigenvalue weighted by atomic mass is 9.96. The van der Waals surface area contributed by atoms with Crippen LogP contribution in [0.4, 0.5) is 18.9 Å². The lowest BCUT2D eigenvalue weighted by Crippen LogP contribution is -2.41. The summed E-state index contributed by atoms with van der Waals surface area (Å²) in [7, 11) is 1.84. The molecule has 0 spiro atoms. The first-order valence-electron chi connectivity index (χ1n) is 17.3. The Hall–Kier alpha value is -3.95. The average molecular weight is 764 g/mol. The van der Waals surface area contributed by atoms with Gasteiger partial charge in [-0.3, -0.25) is 23.9 Å². The van der Waals surface area contributed by atoms with Gasteiger partial charge in [-0.1, -0.05) is 57.5 Å². The topological polar surface area (TPSA) is 130 Å². The van der Waals surface area contributed by atoms with E-state index in [1.807, 2.05) is 49.2 Å². The number of unbranched alkanes of at least 4 members (excludes halogenated alkanes) is 1. The fraction of sp³-hybridized carbons (Fsp3) is 0.486. The zero-order chi connectivity index (χ0) is 38.3. The van der Waals surface area contributed by atoms with Gasteiger partial charge in [0.15, 0.2) is 0 Å². The number of amides is 4. The van der Waals surface area contributed by atoms with E-state index < -0.39 is 24.2 Å². The van der Waals surface area contributed by atoms with E-state index in [0.717, 1.165) is 30.4 Å². The molecule has 3 rings (SSSR count). The van der Waals surface area contributed by atoms with Gasteiger partial charge in [-0.25, -0.2) is 4.98 Å². The highest BCUT2D eigenvalue weighted by Crippen LogP contribution is 2.30. The molecule has 3 aromatic rings. The van der Waals surface area contributed by atoms with Gasteiger partial charge in [-0.05, 0) is 73.9 Å². The molecule has 0 aliphatic heterocycles. The van der Waals surface area contributed by atoms with Crippen LogP contribution in [0.25, 0.3) is 0 Å². The van der Waals surface area contributed by atoms with Gasteiger partial charge >= 0.3 is 12.1 Å². The summed E-state index contributed by atoms with van der Waals surface area (Å²) in [6.45, 7) is 8.55. The third kappa shape index (κ3) is 13.9. The van der Waals surface area contributed by atoms with Crippen LogP contribution in [-0.2, 0) is 25.5 Å². The number of aromatic nitrogens is 1. The molecule has 0 fully saturated rings. The van der Waals surface area contributed by atoms with Crippen LogP contribution in [-0.4, -0.2) is 65.4 Å². The number of rotatable bonds is 20. The summed E-state index contributed by atoms with van der Waals surface area (Å²) in [4.78, 5) is 57.4. The molecule has 15 heteroatoms. The van der Waals surface area contributed by atoms with Crippen LogP contribution in [0.5, 0.6) is 0 Å². The number of ether oxygens (including phenoxy) is 1. The van der Waals surface area contributed by atoms with Crippen molar-refractivity contribution in [3.8, 4) is 0 Å². The lowest BCUT2D eigenvalue weighted by Gasteiger charge is -2.33. The highest BCUT2D eigenvalue weighted by molar-refractivity contribution is 7.98. The summed E-state index contributed by atoms with van der Waals surface area (Å²) in [5, 5.41) is 7.17. The van der Waals surface area contributed by atoms with Gasteiger partial charge in [0.25, 0.3) is 5.91 Å². The first-order valence-corrected chi connectivity index (χ1v) is 19.0. The van der Waals surface area contributed by atoms with Gasteiger partial charge in [0.1, 0.15) is 16.8 Å². The Labute approximate surface area is 311 Å². The van der Waals surface area contributed by atoms with Crippen LogP contribution < -0.4 is 15.4 Å². The number of nitrogens with zero attached hydrogens (tertiary/aromatic N) is 2. The molecule has 3 unspecified atom stereocenters. The van der Waals surface area contributed by atoms with E-state index >= 15 is 0 Å². The molecule has 4 amide bonds. The van der Waals surface area contributed by atoms with Crippen LogP contribution in [0.3, 0.4) is 0 Å². The second kappa shape index (κ2) is 20.9. The van der Waals surface area contributed by atoms with Gasteiger partial charge in [-0.2, -0.15) is 13.2 Å². The zero-order valence-electron chi connectivity index (χ0n) is 30.1. The van der Waals surface area contributed by atoms with Crippen molar-refractivity contribution in [1.29, 1.82) is 0 Å². The first-order chi connectivity index (χ1) is 24.7. The molecule has 10 nitrogen and oxygen atoms in total. The second-order valence-corrected chi connectivity index (χ2v) is 14.4. The summed E-state index contributed by atoms with van der Waals surface area (Å²) in [5.41, 5.74) is 1.19. The Bertz CT molecular complexity index is 1590. The fourth-order valence-electron chi connectivity index (χ4n) is 5.43. The summed E-state index contributed by atoms with van der Waals surface area (Å²) >= 11 is 2.32. The molecule has 3 atom stereocenters. The minimum atomic E-state index is -5.00. The zero-order valence-corrected chi connectivity index (χ0v) is 31.8. The summed E-state index contributed by atoms with van der Waals surface area (Å²) in [6, 6.07) is 14.7. The van der Waals surface area contributed by atoms with Gasteiger partial charge in [0.05, 0.1) is 0 Å². The van der Waals surface area contributed by atoms with Crippen molar-refractivity contribution in [1.82, 2.24) is 19.9 Å². The van der Waals surface area contributed by atoms with Crippen LogP contribution in [0.2, 0.25) is 0 Å². The van der Waals surface area contributed by atoms with Gasteiger partial charge in [0, 0.05) is 61.0 Å². The molecule has 0 aliphatic rings. The Morgan fingerprint density at radius 1 is 1.00 bits per heavy atom. The first kappa shape index (κ1) is 42.5. The van der Waals surface area contributed by atoms with Crippen molar-refractivity contribution in [2.45, 2.75) is 102 Å². The molecular weight excluding hydrogens is 716 g/mol. The maximum absolute atomic E-state index is 13.5. The number of halogens is 3. The SMILES string of the molecule is CCCCC(=O)N(C)C(CC(OCC)c1nc(C(=O)NC(CCC(=O)NSc2ccc(NC(=O)C(F)(F)F)cc2)Cc2ccccc2)cs1)C(C)C. The summed E-state index contributed by atoms with van der Waals surface area (Å²) in [5.74, 6) is -2.48. The summed E-state index contributed by atoms with van der Waals surface area (Å²) < 4.78 is 46.3. The summed E-state index contributed by atoms with van der Waals surface area (Å²) in [6.07, 6.45) is -1.71. The molecule has 1 aromatic heterocycles. The fourth-order valence-corrected chi connectivity index (χ4v) is 6.90. The van der Waals surface area contributed by atoms with Crippen molar-refractivity contribution >= 4 is 52.6 Å². The third-order valence-electron chi connectivity index (χ3n) is 8.29. The molecule has 2 aromatic carbocycles. The highest BCUT2D eigenvalue weighted by Gasteiger charge is 2.38. The van der Waals surface area contributed by atoms with Crippen LogP contribution in [0, 0.1) is 5.92 Å². The van der Waals surface area contributed by atoms with Crippen molar-refractivity contribution in [2.75, 3.05) is 19.0 Å². The highest BCUT2D eigenvalue weighted by atomic mass is 32.2. The van der Waals surface area contributed by atoms with E-state index in [9.17, 15) is 32.3 Å². The van der Waals surface area contributed by atoms with Crippen molar-refractivity contribution in [2.24, 2.45) is 5.92 Å². The molecule has 284 valence electrons. The van der Waals surface area contributed by atoms with Crippen LogP contribution in [0.1, 0.15) is 93.4 Å². The Balaban J connectivity index is 1.64. The van der Waals surface area contributed by atoms with Crippen LogP contribution in [0.15, 0.2) is 64.9 Å². The molecule has 52 heavy (non-hydrogen) atoms. The monoisotopic (exact) mass is 763 g/mol. The number of alkyl halides is 3. The lowest BCUT2D eigenvalue weighted by molar-refractivity contribution is -0.167. The van der Waals surface area contributed by atoms with Gasteiger partial charge in [-0.15, -0.1) is 11.3 Å². The van der Waals surface area contributed by atoms with Crippen LogP contribution >= 0.6 is 23.3 Å². The van der Waals surface area contributed by atoms with Crippen molar-refractivity contribution in [3.63, 3.8) is 0 Å². The average Bonchev–Trinajstić information content (AvgIpc) is 3.61. The minimum Gasteiger partial charge on any atom is -0.371 e. The predicted octanol–water partition coefficient (Wildman–Crippen LogP) is 7.73. The quantitative estimate of drug-likeness (QED) is 0.101. The van der Waals surface area contributed by atoms with E-state index in [2.05, 4.69) is 35.8 Å². The Morgan fingerprint density at radius 2 is 1.69 bits per heavy atom. The van der Waals surface area contributed by atoms with E-state index in [4.69, 9.17) is 4.74 Å². The second-order valence-electron chi connectivity index (χ2n) is 12.7. The van der Waals surface area contributed by atoms with Gasteiger partial charge < -0.3 is 20.3 Å². The molecule has 1 heterocycles. The Kier molecular flexibility index (Phi) is 17.1. The maximum atomic E-state index is 13.5. The minimum absolute atomic E-state index is 0.0280. The smallest absolute Gasteiger partial charge is 0.371 e. The maximum Gasteiger partial charge on any atom is 0.471 e. The molecule has 0 bridgehead atoms. The number of nitrogens with one attached hydrogen (secondary N) is 3. The third-order valence-corrected chi connectivity index (χ3v) is 10.1. The normalized spacial score (nSPS) is 13.2. The number of benzene rings is 2.